The van der Waals surface area contributed by atoms with Gasteiger partial charge in [-0.25, -0.2) is 4.39 Å². The van der Waals surface area contributed by atoms with Crippen LogP contribution in [0.3, 0.4) is 0 Å². The second kappa shape index (κ2) is 7.55. The van der Waals surface area contributed by atoms with E-state index in [9.17, 15) is 4.39 Å². The summed E-state index contributed by atoms with van der Waals surface area (Å²) in [4.78, 5) is 0. The average Bonchev–Trinajstić information content (AvgIpc) is 2.51. The summed E-state index contributed by atoms with van der Waals surface area (Å²) >= 11 is 5.96. The van der Waals surface area contributed by atoms with Crippen LogP contribution in [0.1, 0.15) is 17.2 Å². The van der Waals surface area contributed by atoms with Crippen LogP contribution in [0, 0.1) is 5.82 Å². The van der Waals surface area contributed by atoms with Crippen LogP contribution in [0.15, 0.2) is 48.5 Å². The zero-order valence-electron chi connectivity index (χ0n) is 12.1. The van der Waals surface area contributed by atoms with E-state index in [4.69, 9.17) is 16.3 Å². The maximum Gasteiger partial charge on any atom is 0.126 e. The summed E-state index contributed by atoms with van der Waals surface area (Å²) in [5.41, 5.74) is 1.64. The quantitative estimate of drug-likeness (QED) is 0.871. The zero-order valence-corrected chi connectivity index (χ0v) is 12.9. The third-order valence-corrected chi connectivity index (χ3v) is 3.80. The number of likely N-dealkylation sites (N-methyl/N-ethyl adjacent to an activating group) is 1. The van der Waals surface area contributed by atoms with Gasteiger partial charge in [0.1, 0.15) is 5.82 Å². The molecule has 0 heterocycles. The summed E-state index contributed by atoms with van der Waals surface area (Å²) in [7, 11) is 3.51. The number of methoxy groups -OCH3 is 1. The molecule has 2 unspecified atom stereocenters. The lowest BCUT2D eigenvalue weighted by Crippen LogP contribution is -2.35. The van der Waals surface area contributed by atoms with Crippen molar-refractivity contribution >= 4 is 11.6 Å². The Kier molecular flexibility index (Phi) is 5.74. The molecule has 0 aliphatic heterocycles. The summed E-state index contributed by atoms with van der Waals surface area (Å²) in [5, 5.41) is 3.75. The molecule has 1 N–H and O–H groups in total. The highest BCUT2D eigenvalue weighted by Gasteiger charge is 2.23. The van der Waals surface area contributed by atoms with Gasteiger partial charge in [-0.2, -0.15) is 0 Å². The molecule has 0 aliphatic carbocycles. The minimum atomic E-state index is -0.248. The SMILES string of the molecule is CNC(Cc1cc(Cl)ccc1F)C(OC)c1ccccc1. The Hall–Kier alpha value is -1.42. The average molecular weight is 308 g/mol. The predicted molar refractivity (Wildman–Crippen MR) is 84.2 cm³/mol. The summed E-state index contributed by atoms with van der Waals surface area (Å²) < 4.78 is 19.5. The summed E-state index contributed by atoms with van der Waals surface area (Å²) in [6.45, 7) is 0. The third kappa shape index (κ3) is 4.03. The van der Waals surface area contributed by atoms with Gasteiger partial charge in [-0.1, -0.05) is 41.9 Å². The predicted octanol–water partition coefficient (Wildman–Crippen LogP) is 4.00. The lowest BCUT2D eigenvalue weighted by atomic mass is 9.96. The van der Waals surface area contributed by atoms with Crippen molar-refractivity contribution < 1.29 is 9.13 Å². The van der Waals surface area contributed by atoms with Gasteiger partial charge in [-0.15, -0.1) is 0 Å². The number of rotatable bonds is 6. The van der Waals surface area contributed by atoms with E-state index in [-0.39, 0.29) is 18.0 Å². The van der Waals surface area contributed by atoms with Gasteiger partial charge in [-0.3, -0.25) is 0 Å². The van der Waals surface area contributed by atoms with Gasteiger partial charge in [0, 0.05) is 18.2 Å². The Balaban J connectivity index is 2.24. The van der Waals surface area contributed by atoms with Gasteiger partial charge < -0.3 is 10.1 Å². The van der Waals surface area contributed by atoms with E-state index in [0.29, 0.717) is 17.0 Å². The highest BCUT2D eigenvalue weighted by Crippen LogP contribution is 2.25. The maximum absolute atomic E-state index is 13.9. The molecule has 2 aromatic rings. The monoisotopic (exact) mass is 307 g/mol. The van der Waals surface area contributed by atoms with Crippen molar-refractivity contribution in [2.45, 2.75) is 18.6 Å². The van der Waals surface area contributed by atoms with Crippen LogP contribution in [0.5, 0.6) is 0 Å². The molecule has 4 heteroatoms. The first kappa shape index (κ1) is 16.0. The number of halogens is 2. The molecule has 2 nitrogen and oxygen atoms in total. The van der Waals surface area contributed by atoms with Crippen molar-refractivity contribution in [3.8, 4) is 0 Å². The van der Waals surface area contributed by atoms with Crippen molar-refractivity contribution in [1.29, 1.82) is 0 Å². The number of hydrogen-bond donors (Lipinski definition) is 1. The largest absolute Gasteiger partial charge is 0.375 e. The first-order valence-electron chi connectivity index (χ1n) is 6.84. The fraction of sp³-hybridized carbons (Fsp3) is 0.294. The van der Waals surface area contributed by atoms with Gasteiger partial charge in [0.2, 0.25) is 0 Å². The van der Waals surface area contributed by atoms with Crippen LogP contribution < -0.4 is 5.32 Å². The molecule has 0 fully saturated rings. The second-order valence-electron chi connectivity index (χ2n) is 4.90. The minimum absolute atomic E-state index is 0.0506. The number of benzene rings is 2. The molecule has 2 rings (SSSR count). The van der Waals surface area contributed by atoms with Crippen molar-refractivity contribution in [3.05, 3.63) is 70.5 Å². The molecule has 2 atom stereocenters. The second-order valence-corrected chi connectivity index (χ2v) is 5.34. The van der Waals surface area contributed by atoms with Crippen LogP contribution in [0.4, 0.5) is 4.39 Å². The molecule has 0 saturated heterocycles. The van der Waals surface area contributed by atoms with E-state index in [1.54, 1.807) is 19.2 Å². The molecular weight excluding hydrogens is 289 g/mol. The molecule has 0 aliphatic rings. The first-order valence-corrected chi connectivity index (χ1v) is 7.22. The van der Waals surface area contributed by atoms with E-state index < -0.39 is 0 Å². The van der Waals surface area contributed by atoms with Gasteiger partial charge >= 0.3 is 0 Å². The Morgan fingerprint density at radius 3 is 2.52 bits per heavy atom. The molecule has 0 bridgehead atoms. The van der Waals surface area contributed by atoms with Crippen LogP contribution in [0.25, 0.3) is 0 Å². The van der Waals surface area contributed by atoms with E-state index in [1.807, 2.05) is 37.4 Å². The molecule has 0 spiro atoms. The molecule has 112 valence electrons. The third-order valence-electron chi connectivity index (χ3n) is 3.57. The van der Waals surface area contributed by atoms with Crippen LogP contribution in [0.2, 0.25) is 5.02 Å². The van der Waals surface area contributed by atoms with Crippen molar-refractivity contribution in [2.24, 2.45) is 0 Å². The lowest BCUT2D eigenvalue weighted by molar-refractivity contribution is 0.0701. The van der Waals surface area contributed by atoms with Gasteiger partial charge in [0.05, 0.1) is 6.10 Å². The van der Waals surface area contributed by atoms with E-state index in [2.05, 4.69) is 5.32 Å². The highest BCUT2D eigenvalue weighted by atomic mass is 35.5. The van der Waals surface area contributed by atoms with Crippen molar-refractivity contribution in [3.63, 3.8) is 0 Å². The smallest absolute Gasteiger partial charge is 0.126 e. The molecule has 0 amide bonds. The number of hydrogen-bond acceptors (Lipinski definition) is 2. The fourth-order valence-corrected chi connectivity index (χ4v) is 2.67. The normalized spacial score (nSPS) is 13.9. The molecule has 0 radical (unpaired) electrons. The van der Waals surface area contributed by atoms with Crippen molar-refractivity contribution in [1.82, 2.24) is 5.32 Å². The van der Waals surface area contributed by atoms with E-state index in [1.165, 1.54) is 6.07 Å². The first-order chi connectivity index (χ1) is 10.2. The number of ether oxygens (including phenoxy) is 1. The van der Waals surface area contributed by atoms with Crippen LogP contribution >= 0.6 is 11.6 Å². The van der Waals surface area contributed by atoms with Gasteiger partial charge in [0.25, 0.3) is 0 Å². The van der Waals surface area contributed by atoms with Crippen LogP contribution in [-0.4, -0.2) is 20.2 Å². The van der Waals surface area contributed by atoms with Gasteiger partial charge in [-0.05, 0) is 42.8 Å². The Labute approximate surface area is 129 Å². The summed E-state index contributed by atoms with van der Waals surface area (Å²) in [6, 6.07) is 14.5. The Morgan fingerprint density at radius 2 is 1.90 bits per heavy atom. The number of nitrogens with one attached hydrogen (secondary N) is 1. The maximum atomic E-state index is 13.9. The minimum Gasteiger partial charge on any atom is -0.375 e. The van der Waals surface area contributed by atoms with E-state index >= 15 is 0 Å². The lowest BCUT2D eigenvalue weighted by Gasteiger charge is -2.26. The molecular formula is C17H19ClFNO. The van der Waals surface area contributed by atoms with E-state index in [0.717, 1.165) is 5.56 Å². The Bertz CT molecular complexity index is 576. The summed E-state index contributed by atoms with van der Waals surface area (Å²) in [5.74, 6) is -0.248. The van der Waals surface area contributed by atoms with Crippen molar-refractivity contribution in [2.75, 3.05) is 14.2 Å². The molecule has 2 aromatic carbocycles. The highest BCUT2D eigenvalue weighted by molar-refractivity contribution is 6.30. The standard InChI is InChI=1S/C17H19ClFNO/c1-20-16(11-13-10-14(18)8-9-15(13)19)17(21-2)12-6-4-3-5-7-12/h3-10,16-17,20H,11H2,1-2H3. The molecule has 0 saturated carbocycles. The van der Waals surface area contributed by atoms with Crippen LogP contribution in [-0.2, 0) is 11.2 Å². The topological polar surface area (TPSA) is 21.3 Å². The molecule has 21 heavy (non-hydrogen) atoms. The zero-order chi connectivity index (χ0) is 15.2. The Morgan fingerprint density at radius 1 is 1.19 bits per heavy atom. The summed E-state index contributed by atoms with van der Waals surface area (Å²) in [6.07, 6.45) is 0.339. The molecule has 0 aromatic heterocycles. The fourth-order valence-electron chi connectivity index (χ4n) is 2.47. The van der Waals surface area contributed by atoms with Gasteiger partial charge in [0.15, 0.2) is 0 Å².